The molecule has 5 nitrogen and oxygen atoms in total. The van der Waals surface area contributed by atoms with Crippen molar-refractivity contribution in [3.8, 4) is 5.75 Å². The molecule has 5 heteroatoms. The van der Waals surface area contributed by atoms with Gasteiger partial charge in [0.2, 0.25) is 0 Å². The Morgan fingerprint density at radius 1 is 0.710 bits per heavy atom. The summed E-state index contributed by atoms with van der Waals surface area (Å²) >= 11 is 0. The highest BCUT2D eigenvalue weighted by molar-refractivity contribution is 6.17. The van der Waals surface area contributed by atoms with Crippen LogP contribution in [-0.2, 0) is 19.1 Å². The topological polar surface area (TPSA) is 72.8 Å². The maximum Gasteiger partial charge on any atom is 0.345 e. The third-order valence-electron chi connectivity index (χ3n) is 5.11. The van der Waals surface area contributed by atoms with Crippen molar-refractivity contribution in [1.29, 1.82) is 0 Å². The molecule has 0 aliphatic rings. The number of phenols is 1. The van der Waals surface area contributed by atoms with Crippen LogP contribution in [0.5, 0.6) is 5.75 Å². The SMILES string of the molecule is CCCCCCCCOC(=O)C(=Cc1ccc(O)cc1)C(=O)OCCCCCCCC. The summed E-state index contributed by atoms with van der Waals surface area (Å²) in [5.74, 6) is -1.20. The van der Waals surface area contributed by atoms with Crippen LogP contribution >= 0.6 is 0 Å². The number of unbranched alkanes of at least 4 members (excludes halogenated alkanes) is 10. The molecule has 31 heavy (non-hydrogen) atoms. The Morgan fingerprint density at radius 2 is 1.13 bits per heavy atom. The average molecular weight is 433 g/mol. The first-order valence-corrected chi connectivity index (χ1v) is 11.9. The number of carbonyl (C=O) groups is 2. The number of ether oxygens (including phenoxy) is 2. The normalized spacial score (nSPS) is 10.5. The predicted octanol–water partition coefficient (Wildman–Crippen LogP) is 6.58. The van der Waals surface area contributed by atoms with Gasteiger partial charge in [0.1, 0.15) is 11.3 Å². The van der Waals surface area contributed by atoms with E-state index in [2.05, 4.69) is 13.8 Å². The second kappa shape index (κ2) is 17.4. The van der Waals surface area contributed by atoms with Gasteiger partial charge >= 0.3 is 11.9 Å². The molecule has 0 saturated heterocycles. The highest BCUT2D eigenvalue weighted by Crippen LogP contribution is 2.15. The smallest absolute Gasteiger partial charge is 0.345 e. The summed E-state index contributed by atoms with van der Waals surface area (Å²) in [6, 6.07) is 6.29. The molecule has 1 aromatic rings. The highest BCUT2D eigenvalue weighted by Gasteiger charge is 2.21. The van der Waals surface area contributed by atoms with Crippen LogP contribution in [-0.4, -0.2) is 30.3 Å². The van der Waals surface area contributed by atoms with Gasteiger partial charge in [-0.15, -0.1) is 0 Å². The quantitative estimate of drug-likeness (QED) is 0.0989. The zero-order chi connectivity index (χ0) is 22.7. The van der Waals surface area contributed by atoms with Crippen LogP contribution in [0.3, 0.4) is 0 Å². The fraction of sp³-hybridized carbons (Fsp3) is 0.615. The molecule has 0 aliphatic heterocycles. The lowest BCUT2D eigenvalue weighted by Gasteiger charge is -2.10. The van der Waals surface area contributed by atoms with E-state index in [0.29, 0.717) is 18.8 Å². The summed E-state index contributed by atoms with van der Waals surface area (Å²) in [5, 5.41) is 9.45. The van der Waals surface area contributed by atoms with Gasteiger partial charge in [0.25, 0.3) is 0 Å². The van der Waals surface area contributed by atoms with E-state index >= 15 is 0 Å². The summed E-state index contributed by atoms with van der Waals surface area (Å²) in [5.41, 5.74) is 0.517. The van der Waals surface area contributed by atoms with Crippen molar-refractivity contribution in [3.05, 3.63) is 35.4 Å². The molecule has 1 rings (SSSR count). The van der Waals surface area contributed by atoms with Crippen LogP contribution < -0.4 is 0 Å². The van der Waals surface area contributed by atoms with E-state index in [-0.39, 0.29) is 11.3 Å². The molecule has 0 unspecified atom stereocenters. The van der Waals surface area contributed by atoms with Crippen LogP contribution in [0.2, 0.25) is 0 Å². The minimum atomic E-state index is -0.658. The summed E-state index contributed by atoms with van der Waals surface area (Å²) in [6.45, 7) is 4.94. The Balaban J connectivity index is 2.57. The average Bonchev–Trinajstić information content (AvgIpc) is 2.77. The van der Waals surface area contributed by atoms with Gasteiger partial charge in [0.15, 0.2) is 0 Å². The second-order valence-electron chi connectivity index (χ2n) is 7.96. The van der Waals surface area contributed by atoms with Gasteiger partial charge in [-0.2, -0.15) is 0 Å². The first-order chi connectivity index (χ1) is 15.1. The minimum Gasteiger partial charge on any atom is -0.508 e. The maximum atomic E-state index is 12.6. The lowest BCUT2D eigenvalue weighted by Crippen LogP contribution is -2.19. The number of esters is 2. The molecule has 0 atom stereocenters. The van der Waals surface area contributed by atoms with Crippen LogP contribution in [0.1, 0.15) is 96.5 Å². The molecule has 1 aromatic carbocycles. The molecular formula is C26H40O5. The lowest BCUT2D eigenvalue weighted by atomic mass is 10.1. The molecule has 0 radical (unpaired) electrons. The first-order valence-electron chi connectivity index (χ1n) is 11.9. The van der Waals surface area contributed by atoms with Crippen molar-refractivity contribution in [2.45, 2.75) is 90.9 Å². The van der Waals surface area contributed by atoms with Crippen molar-refractivity contribution in [1.82, 2.24) is 0 Å². The van der Waals surface area contributed by atoms with Gasteiger partial charge < -0.3 is 14.6 Å². The van der Waals surface area contributed by atoms with Crippen molar-refractivity contribution in [3.63, 3.8) is 0 Å². The van der Waals surface area contributed by atoms with E-state index in [4.69, 9.17) is 9.47 Å². The van der Waals surface area contributed by atoms with Crippen molar-refractivity contribution >= 4 is 18.0 Å². The molecular weight excluding hydrogens is 392 g/mol. The number of benzene rings is 1. The monoisotopic (exact) mass is 432 g/mol. The van der Waals surface area contributed by atoms with Crippen LogP contribution in [0.15, 0.2) is 29.8 Å². The van der Waals surface area contributed by atoms with E-state index in [1.807, 2.05) is 0 Å². The summed E-state index contributed by atoms with van der Waals surface area (Å²) in [4.78, 5) is 25.1. The lowest BCUT2D eigenvalue weighted by molar-refractivity contribution is -0.147. The Bertz CT molecular complexity index is 616. The molecule has 0 bridgehead atoms. The molecule has 0 aromatic heterocycles. The van der Waals surface area contributed by atoms with Crippen molar-refractivity contribution < 1.29 is 24.2 Å². The summed E-state index contributed by atoms with van der Waals surface area (Å²) < 4.78 is 10.7. The molecule has 0 heterocycles. The maximum absolute atomic E-state index is 12.6. The van der Waals surface area contributed by atoms with Crippen LogP contribution in [0, 0.1) is 0 Å². The van der Waals surface area contributed by atoms with Gasteiger partial charge in [-0.1, -0.05) is 90.2 Å². The molecule has 0 amide bonds. The third kappa shape index (κ3) is 12.9. The van der Waals surface area contributed by atoms with E-state index in [1.165, 1.54) is 56.7 Å². The Kier molecular flexibility index (Phi) is 15.0. The van der Waals surface area contributed by atoms with Crippen LogP contribution in [0.4, 0.5) is 0 Å². The van der Waals surface area contributed by atoms with E-state index in [0.717, 1.165) is 38.5 Å². The fourth-order valence-corrected chi connectivity index (χ4v) is 3.19. The third-order valence-corrected chi connectivity index (χ3v) is 5.11. The Labute approximate surface area is 187 Å². The number of aromatic hydroxyl groups is 1. The number of hydrogen-bond donors (Lipinski definition) is 1. The van der Waals surface area contributed by atoms with Gasteiger partial charge in [-0.3, -0.25) is 0 Å². The van der Waals surface area contributed by atoms with Crippen molar-refractivity contribution in [2.75, 3.05) is 13.2 Å². The largest absolute Gasteiger partial charge is 0.508 e. The standard InChI is InChI=1S/C26H40O5/c1-3-5-7-9-11-13-19-30-25(28)24(21-22-15-17-23(27)18-16-22)26(29)31-20-14-12-10-8-6-4-2/h15-18,21,27H,3-14,19-20H2,1-2H3. The van der Waals surface area contributed by atoms with E-state index in [9.17, 15) is 14.7 Å². The summed E-state index contributed by atoms with van der Waals surface area (Å²) in [7, 11) is 0. The minimum absolute atomic E-state index is 0.109. The molecule has 1 N–H and O–H groups in total. The van der Waals surface area contributed by atoms with Crippen molar-refractivity contribution in [2.24, 2.45) is 0 Å². The Morgan fingerprint density at radius 3 is 1.58 bits per heavy atom. The molecule has 174 valence electrons. The van der Waals surface area contributed by atoms with E-state index < -0.39 is 11.9 Å². The highest BCUT2D eigenvalue weighted by atomic mass is 16.6. The molecule has 0 saturated carbocycles. The molecule has 0 fully saturated rings. The van der Waals surface area contributed by atoms with Crippen LogP contribution in [0.25, 0.3) is 6.08 Å². The Hall–Kier alpha value is -2.30. The zero-order valence-electron chi connectivity index (χ0n) is 19.4. The summed E-state index contributed by atoms with van der Waals surface area (Å²) in [6.07, 6.45) is 14.5. The zero-order valence-corrected chi connectivity index (χ0v) is 19.4. The fourth-order valence-electron chi connectivity index (χ4n) is 3.19. The molecule has 0 spiro atoms. The van der Waals surface area contributed by atoms with Gasteiger partial charge in [0, 0.05) is 0 Å². The predicted molar refractivity (Wildman–Crippen MR) is 125 cm³/mol. The molecule has 0 aliphatic carbocycles. The van der Waals surface area contributed by atoms with Gasteiger partial charge in [-0.25, -0.2) is 9.59 Å². The number of rotatable bonds is 17. The second-order valence-corrected chi connectivity index (χ2v) is 7.96. The number of phenolic OH excluding ortho intramolecular Hbond substituents is 1. The van der Waals surface area contributed by atoms with E-state index in [1.54, 1.807) is 12.1 Å². The first kappa shape index (κ1) is 26.7. The number of carbonyl (C=O) groups excluding carboxylic acids is 2. The van der Waals surface area contributed by atoms with Gasteiger partial charge in [0.05, 0.1) is 13.2 Å². The van der Waals surface area contributed by atoms with Gasteiger partial charge in [-0.05, 0) is 36.6 Å². The number of hydrogen-bond acceptors (Lipinski definition) is 5.